The summed E-state index contributed by atoms with van der Waals surface area (Å²) < 4.78 is 16.8. The first-order chi connectivity index (χ1) is 29.9. The lowest BCUT2D eigenvalue weighted by Gasteiger charge is -2.18. The minimum Gasteiger partial charge on any atom is -0.462 e. The van der Waals surface area contributed by atoms with Crippen LogP contribution >= 0.6 is 0 Å². The summed E-state index contributed by atoms with van der Waals surface area (Å²) in [6.45, 7) is 9.05. The van der Waals surface area contributed by atoms with Crippen LogP contribution in [0.3, 0.4) is 0 Å². The van der Waals surface area contributed by atoms with Gasteiger partial charge in [0.25, 0.3) is 0 Å². The Balaban J connectivity index is 4.24. The highest BCUT2D eigenvalue weighted by Crippen LogP contribution is 2.18. The van der Waals surface area contributed by atoms with Crippen molar-refractivity contribution in [2.75, 3.05) is 13.2 Å². The van der Waals surface area contributed by atoms with E-state index in [1.54, 1.807) is 0 Å². The Labute approximate surface area is 380 Å². The van der Waals surface area contributed by atoms with Gasteiger partial charge >= 0.3 is 17.9 Å². The molecule has 0 heterocycles. The van der Waals surface area contributed by atoms with Crippen LogP contribution in [0.4, 0.5) is 0 Å². The lowest BCUT2D eigenvalue weighted by molar-refractivity contribution is -0.167. The Morgan fingerprint density at radius 3 is 0.852 bits per heavy atom. The topological polar surface area (TPSA) is 78.9 Å². The summed E-state index contributed by atoms with van der Waals surface area (Å²) in [5, 5.41) is 0. The summed E-state index contributed by atoms with van der Waals surface area (Å²) in [6, 6.07) is 0. The van der Waals surface area contributed by atoms with E-state index < -0.39 is 6.10 Å². The molecule has 0 spiro atoms. The highest BCUT2D eigenvalue weighted by atomic mass is 16.6. The molecule has 6 heteroatoms. The molecule has 0 aromatic carbocycles. The van der Waals surface area contributed by atoms with Crippen LogP contribution < -0.4 is 0 Å². The zero-order chi connectivity index (χ0) is 44.5. The predicted molar refractivity (Wildman–Crippen MR) is 261 cm³/mol. The standard InChI is InChI=1S/C55H106O6/c1-5-8-10-12-14-16-18-19-20-21-22-23-24-25-26-31-35-39-43-47-54(57)60-50-52(49-59-53(56)46-42-38-34-30-17-15-13-11-9-6-2)61-55(58)48-44-40-36-32-28-27-29-33-37-41-45-51(4)7-3/h51-52H,5-50H2,1-4H3/t51?,52-/m1/s1. The van der Waals surface area contributed by atoms with Crippen molar-refractivity contribution in [3.05, 3.63) is 0 Å². The normalized spacial score (nSPS) is 12.4. The number of carbonyl (C=O) groups excluding carboxylic acids is 3. The summed E-state index contributed by atoms with van der Waals surface area (Å²) >= 11 is 0. The van der Waals surface area contributed by atoms with Crippen LogP contribution in [0.1, 0.15) is 310 Å². The lowest BCUT2D eigenvalue weighted by Crippen LogP contribution is -2.30. The van der Waals surface area contributed by atoms with Gasteiger partial charge in [-0.05, 0) is 25.2 Å². The fourth-order valence-electron chi connectivity index (χ4n) is 8.36. The van der Waals surface area contributed by atoms with Gasteiger partial charge in [0.1, 0.15) is 13.2 Å². The molecule has 0 amide bonds. The van der Waals surface area contributed by atoms with Gasteiger partial charge in [-0.3, -0.25) is 14.4 Å². The third kappa shape index (κ3) is 47.7. The maximum absolute atomic E-state index is 12.8. The highest BCUT2D eigenvalue weighted by Gasteiger charge is 2.19. The molecule has 61 heavy (non-hydrogen) atoms. The Morgan fingerprint density at radius 1 is 0.328 bits per heavy atom. The first kappa shape index (κ1) is 59.4. The number of rotatable bonds is 50. The van der Waals surface area contributed by atoms with Crippen molar-refractivity contribution in [1.82, 2.24) is 0 Å². The molecule has 0 aliphatic heterocycles. The average Bonchev–Trinajstić information content (AvgIpc) is 3.26. The van der Waals surface area contributed by atoms with Gasteiger partial charge in [-0.15, -0.1) is 0 Å². The SMILES string of the molecule is CCCCCCCCCCCCCCCCCCCCCC(=O)OC[C@@H](COC(=O)CCCCCCCCCCCC)OC(=O)CCCCCCCCCCCCC(C)CC. The molecular formula is C55H106O6. The molecule has 6 nitrogen and oxygen atoms in total. The van der Waals surface area contributed by atoms with E-state index >= 15 is 0 Å². The molecule has 362 valence electrons. The maximum Gasteiger partial charge on any atom is 0.306 e. The van der Waals surface area contributed by atoms with Crippen molar-refractivity contribution in [2.24, 2.45) is 5.92 Å². The van der Waals surface area contributed by atoms with Crippen LogP contribution in [-0.2, 0) is 28.6 Å². The van der Waals surface area contributed by atoms with E-state index in [1.165, 1.54) is 205 Å². The van der Waals surface area contributed by atoms with Gasteiger partial charge < -0.3 is 14.2 Å². The van der Waals surface area contributed by atoms with Crippen molar-refractivity contribution in [1.29, 1.82) is 0 Å². The van der Waals surface area contributed by atoms with E-state index in [2.05, 4.69) is 27.7 Å². The van der Waals surface area contributed by atoms with E-state index in [9.17, 15) is 14.4 Å². The quantitative estimate of drug-likeness (QED) is 0.0344. The highest BCUT2D eigenvalue weighted by molar-refractivity contribution is 5.71. The van der Waals surface area contributed by atoms with Gasteiger partial charge in [-0.25, -0.2) is 0 Å². The molecule has 0 saturated carbocycles. The van der Waals surface area contributed by atoms with E-state index in [0.717, 1.165) is 63.7 Å². The van der Waals surface area contributed by atoms with Crippen LogP contribution in [0, 0.1) is 5.92 Å². The number of unbranched alkanes of at least 4 members (excludes halogenated alkanes) is 36. The molecule has 1 unspecified atom stereocenters. The zero-order valence-electron chi connectivity index (χ0n) is 41.6. The molecule has 0 N–H and O–H groups in total. The van der Waals surface area contributed by atoms with E-state index in [1.807, 2.05) is 0 Å². The average molecular weight is 863 g/mol. The zero-order valence-corrected chi connectivity index (χ0v) is 41.6. The monoisotopic (exact) mass is 863 g/mol. The first-order valence-corrected chi connectivity index (χ1v) is 27.4. The van der Waals surface area contributed by atoms with Gasteiger partial charge in [0.05, 0.1) is 0 Å². The largest absolute Gasteiger partial charge is 0.462 e. The van der Waals surface area contributed by atoms with Gasteiger partial charge in [0.15, 0.2) is 6.10 Å². The van der Waals surface area contributed by atoms with Crippen LogP contribution in [0.5, 0.6) is 0 Å². The lowest BCUT2D eigenvalue weighted by atomic mass is 9.99. The van der Waals surface area contributed by atoms with Crippen molar-refractivity contribution in [3.8, 4) is 0 Å². The van der Waals surface area contributed by atoms with Gasteiger partial charge in [0, 0.05) is 19.3 Å². The smallest absolute Gasteiger partial charge is 0.306 e. The summed E-state index contributed by atoms with van der Waals surface area (Å²) in [6.07, 6.45) is 52.3. The van der Waals surface area contributed by atoms with Crippen molar-refractivity contribution >= 4 is 17.9 Å². The van der Waals surface area contributed by atoms with Gasteiger partial charge in [-0.2, -0.15) is 0 Å². The first-order valence-electron chi connectivity index (χ1n) is 27.4. The Kier molecular flexibility index (Phi) is 48.1. The summed E-state index contributed by atoms with van der Waals surface area (Å²) in [4.78, 5) is 38.0. The molecule has 0 rings (SSSR count). The number of carbonyl (C=O) groups is 3. The summed E-state index contributed by atoms with van der Waals surface area (Å²) in [5.74, 6) is 0.0243. The number of ether oxygens (including phenoxy) is 3. The van der Waals surface area contributed by atoms with E-state index in [-0.39, 0.29) is 31.1 Å². The summed E-state index contributed by atoms with van der Waals surface area (Å²) in [5.41, 5.74) is 0. The Bertz CT molecular complexity index is 920. The fourth-order valence-corrected chi connectivity index (χ4v) is 8.36. The predicted octanol–water partition coefficient (Wildman–Crippen LogP) is 17.8. The molecule has 0 fully saturated rings. The second-order valence-electron chi connectivity index (χ2n) is 19.1. The molecule has 0 aliphatic carbocycles. The molecule has 2 atom stereocenters. The minimum atomic E-state index is -0.761. The Morgan fingerprint density at radius 2 is 0.574 bits per heavy atom. The van der Waals surface area contributed by atoms with Gasteiger partial charge in [0.2, 0.25) is 0 Å². The number of hydrogen-bond donors (Lipinski definition) is 0. The summed E-state index contributed by atoms with van der Waals surface area (Å²) in [7, 11) is 0. The second-order valence-corrected chi connectivity index (χ2v) is 19.1. The molecule has 0 bridgehead atoms. The maximum atomic E-state index is 12.8. The van der Waals surface area contributed by atoms with E-state index in [0.29, 0.717) is 19.3 Å². The molecule has 0 aromatic rings. The molecule has 0 aliphatic rings. The Hall–Kier alpha value is -1.59. The molecular weight excluding hydrogens is 757 g/mol. The van der Waals surface area contributed by atoms with Crippen LogP contribution in [0.2, 0.25) is 0 Å². The van der Waals surface area contributed by atoms with Crippen molar-refractivity contribution in [3.63, 3.8) is 0 Å². The van der Waals surface area contributed by atoms with Gasteiger partial charge in [-0.1, -0.05) is 272 Å². The number of esters is 3. The number of hydrogen-bond acceptors (Lipinski definition) is 6. The third-order valence-electron chi connectivity index (χ3n) is 12.9. The fraction of sp³-hybridized carbons (Fsp3) is 0.945. The molecule has 0 saturated heterocycles. The second kappa shape index (κ2) is 49.4. The minimum absolute atomic E-state index is 0.0626. The third-order valence-corrected chi connectivity index (χ3v) is 12.9. The van der Waals surface area contributed by atoms with Crippen molar-refractivity contribution < 1.29 is 28.6 Å². The van der Waals surface area contributed by atoms with E-state index in [4.69, 9.17) is 14.2 Å². The van der Waals surface area contributed by atoms with Crippen LogP contribution in [0.15, 0.2) is 0 Å². The molecule has 0 aromatic heterocycles. The van der Waals surface area contributed by atoms with Crippen LogP contribution in [0.25, 0.3) is 0 Å². The van der Waals surface area contributed by atoms with Crippen LogP contribution in [-0.4, -0.2) is 37.2 Å². The van der Waals surface area contributed by atoms with Crippen molar-refractivity contribution in [2.45, 2.75) is 316 Å². The molecule has 0 radical (unpaired) electrons.